The van der Waals surface area contributed by atoms with Gasteiger partial charge in [-0.2, -0.15) is 5.26 Å². The number of nitrogens with zero attached hydrogens (tertiary/aromatic N) is 2. The fraction of sp³-hybridized carbons (Fsp3) is 0.235. The van der Waals surface area contributed by atoms with Crippen LogP contribution in [-0.4, -0.2) is 12.8 Å². The molecule has 0 radical (unpaired) electrons. The highest BCUT2D eigenvalue weighted by atomic mass is 32.2. The van der Waals surface area contributed by atoms with Crippen LogP contribution in [0.4, 0.5) is 11.4 Å². The molecule has 2 aromatic rings. The average Bonchev–Trinajstić information content (AvgIpc) is 2.49. The first-order valence-corrected chi connectivity index (χ1v) is 7.85. The molecule has 0 saturated carbocycles. The van der Waals surface area contributed by atoms with E-state index >= 15 is 0 Å². The topological polar surface area (TPSA) is 27.0 Å². The number of aryl methyl sites for hydroxylation is 1. The quantitative estimate of drug-likeness (QED) is 0.757. The highest BCUT2D eigenvalue weighted by molar-refractivity contribution is 7.98. The van der Waals surface area contributed by atoms with Crippen molar-refractivity contribution in [1.82, 2.24) is 0 Å². The van der Waals surface area contributed by atoms with Gasteiger partial charge in [0.15, 0.2) is 0 Å². The van der Waals surface area contributed by atoms with E-state index in [0.29, 0.717) is 0 Å². The van der Waals surface area contributed by atoms with Gasteiger partial charge in [-0.15, -0.1) is 11.8 Å². The molecule has 0 N–H and O–H groups in total. The van der Waals surface area contributed by atoms with Gasteiger partial charge in [-0.1, -0.05) is 23.8 Å². The maximum Gasteiger partial charge on any atom is 0.103 e. The number of anilines is 2. The van der Waals surface area contributed by atoms with Crippen LogP contribution < -0.4 is 4.90 Å². The number of hydrogen-bond acceptors (Lipinski definition) is 3. The molecule has 3 heteroatoms. The van der Waals surface area contributed by atoms with Gasteiger partial charge in [-0.05, 0) is 44.4 Å². The van der Waals surface area contributed by atoms with E-state index in [1.54, 1.807) is 11.8 Å². The van der Waals surface area contributed by atoms with E-state index in [1.807, 2.05) is 24.5 Å². The first-order chi connectivity index (χ1) is 9.71. The Balaban J connectivity index is 2.52. The van der Waals surface area contributed by atoms with Crippen molar-refractivity contribution < 1.29 is 0 Å². The fourth-order valence-electron chi connectivity index (χ4n) is 2.24. The standard InChI is InChI=1S/C17H18N2S/c1-4-19(14-10-8-13(2)9-11-14)16-6-5-7-17(20-3)15(16)12-18/h5-11H,4H2,1-3H3. The van der Waals surface area contributed by atoms with Crippen molar-refractivity contribution >= 4 is 23.1 Å². The molecule has 0 fully saturated rings. The lowest BCUT2D eigenvalue weighted by molar-refractivity contribution is 1.01. The minimum absolute atomic E-state index is 0.752. The van der Waals surface area contributed by atoms with E-state index in [2.05, 4.69) is 49.1 Å². The maximum atomic E-state index is 9.48. The zero-order chi connectivity index (χ0) is 14.5. The molecule has 2 nitrogen and oxygen atoms in total. The van der Waals surface area contributed by atoms with Gasteiger partial charge in [-0.25, -0.2) is 0 Å². The van der Waals surface area contributed by atoms with Crippen LogP contribution in [0.3, 0.4) is 0 Å². The van der Waals surface area contributed by atoms with Crippen molar-refractivity contribution in [1.29, 1.82) is 5.26 Å². The molecule has 0 aromatic heterocycles. The van der Waals surface area contributed by atoms with Gasteiger partial charge in [0.25, 0.3) is 0 Å². The van der Waals surface area contributed by atoms with Crippen molar-refractivity contribution in [3.8, 4) is 6.07 Å². The Bertz CT molecular complexity index is 626. The van der Waals surface area contributed by atoms with Gasteiger partial charge in [0, 0.05) is 17.1 Å². The van der Waals surface area contributed by atoms with E-state index in [4.69, 9.17) is 0 Å². The number of benzene rings is 2. The number of rotatable bonds is 4. The first-order valence-electron chi connectivity index (χ1n) is 6.62. The third-order valence-electron chi connectivity index (χ3n) is 3.29. The molecule has 0 aliphatic heterocycles. The summed E-state index contributed by atoms with van der Waals surface area (Å²) in [6.45, 7) is 5.01. The van der Waals surface area contributed by atoms with Crippen LogP contribution in [0.25, 0.3) is 0 Å². The monoisotopic (exact) mass is 282 g/mol. The zero-order valence-electron chi connectivity index (χ0n) is 12.1. The molecule has 0 unspecified atom stereocenters. The van der Waals surface area contributed by atoms with Crippen LogP contribution in [0, 0.1) is 18.3 Å². The Morgan fingerprint density at radius 2 is 1.85 bits per heavy atom. The summed E-state index contributed by atoms with van der Waals surface area (Å²) in [5.41, 5.74) is 4.09. The minimum atomic E-state index is 0.752. The normalized spacial score (nSPS) is 10.1. The summed E-state index contributed by atoms with van der Waals surface area (Å²) in [6, 6.07) is 16.8. The third-order valence-corrected chi connectivity index (χ3v) is 4.07. The van der Waals surface area contributed by atoms with Crippen molar-refractivity contribution in [3.05, 3.63) is 53.6 Å². The SMILES string of the molecule is CCN(c1ccc(C)cc1)c1cccc(SC)c1C#N. The number of thioether (sulfide) groups is 1. The Kier molecular flexibility index (Phi) is 4.70. The first kappa shape index (κ1) is 14.5. The Labute approximate surface area is 125 Å². The molecule has 0 spiro atoms. The maximum absolute atomic E-state index is 9.48. The van der Waals surface area contributed by atoms with Crippen LogP contribution in [-0.2, 0) is 0 Å². The van der Waals surface area contributed by atoms with Crippen molar-refractivity contribution in [2.24, 2.45) is 0 Å². The highest BCUT2D eigenvalue weighted by Crippen LogP contribution is 2.33. The van der Waals surface area contributed by atoms with Crippen LogP contribution in [0.15, 0.2) is 47.4 Å². The second-order valence-electron chi connectivity index (χ2n) is 4.55. The molecule has 0 saturated heterocycles. The van der Waals surface area contributed by atoms with E-state index in [9.17, 15) is 5.26 Å². The summed E-state index contributed by atoms with van der Waals surface area (Å²) in [4.78, 5) is 3.20. The molecule has 0 amide bonds. The molecule has 0 bridgehead atoms. The molecule has 0 aliphatic rings. The van der Waals surface area contributed by atoms with Crippen molar-refractivity contribution in [2.45, 2.75) is 18.7 Å². The largest absolute Gasteiger partial charge is 0.341 e. The molecule has 20 heavy (non-hydrogen) atoms. The third kappa shape index (κ3) is 2.81. The predicted octanol–water partition coefficient (Wildman–Crippen LogP) is 4.75. The van der Waals surface area contributed by atoms with E-state index in [0.717, 1.165) is 28.4 Å². The second-order valence-corrected chi connectivity index (χ2v) is 5.39. The van der Waals surface area contributed by atoms with Crippen LogP contribution in [0.5, 0.6) is 0 Å². The molecule has 0 atom stereocenters. The van der Waals surface area contributed by atoms with Crippen molar-refractivity contribution in [3.63, 3.8) is 0 Å². The summed E-state index contributed by atoms with van der Waals surface area (Å²) in [6.07, 6.45) is 2.00. The lowest BCUT2D eigenvalue weighted by atomic mass is 10.1. The molecular weight excluding hydrogens is 264 g/mol. The number of nitriles is 1. The smallest absolute Gasteiger partial charge is 0.103 e. The molecule has 0 aliphatic carbocycles. The zero-order valence-corrected chi connectivity index (χ0v) is 12.9. The van der Waals surface area contributed by atoms with Gasteiger partial charge < -0.3 is 4.90 Å². The summed E-state index contributed by atoms with van der Waals surface area (Å²) in [7, 11) is 0. The van der Waals surface area contributed by atoms with Crippen LogP contribution in [0.1, 0.15) is 18.1 Å². The Morgan fingerprint density at radius 1 is 1.15 bits per heavy atom. The van der Waals surface area contributed by atoms with Gasteiger partial charge in [0.1, 0.15) is 6.07 Å². The van der Waals surface area contributed by atoms with E-state index < -0.39 is 0 Å². The van der Waals surface area contributed by atoms with Crippen LogP contribution in [0.2, 0.25) is 0 Å². The summed E-state index contributed by atoms with van der Waals surface area (Å²) in [5, 5.41) is 9.48. The minimum Gasteiger partial charge on any atom is -0.341 e. The van der Waals surface area contributed by atoms with Crippen LogP contribution >= 0.6 is 11.8 Å². The molecule has 2 rings (SSSR count). The second kappa shape index (κ2) is 6.49. The van der Waals surface area contributed by atoms with Gasteiger partial charge in [0.2, 0.25) is 0 Å². The molecular formula is C17H18N2S. The molecule has 2 aromatic carbocycles. The molecule has 0 heterocycles. The van der Waals surface area contributed by atoms with E-state index in [1.165, 1.54) is 5.56 Å². The van der Waals surface area contributed by atoms with E-state index in [-0.39, 0.29) is 0 Å². The van der Waals surface area contributed by atoms with Gasteiger partial charge in [0.05, 0.1) is 11.3 Å². The Hall–Kier alpha value is -1.92. The van der Waals surface area contributed by atoms with Gasteiger partial charge >= 0.3 is 0 Å². The predicted molar refractivity (Wildman–Crippen MR) is 86.8 cm³/mol. The highest BCUT2D eigenvalue weighted by Gasteiger charge is 2.14. The fourth-order valence-corrected chi connectivity index (χ4v) is 2.81. The van der Waals surface area contributed by atoms with Gasteiger partial charge in [-0.3, -0.25) is 0 Å². The summed E-state index contributed by atoms with van der Waals surface area (Å²) in [5.74, 6) is 0. The summed E-state index contributed by atoms with van der Waals surface area (Å²) < 4.78 is 0. The Morgan fingerprint density at radius 3 is 2.40 bits per heavy atom. The lowest BCUT2D eigenvalue weighted by Gasteiger charge is -2.25. The number of hydrogen-bond donors (Lipinski definition) is 0. The molecule has 102 valence electrons. The van der Waals surface area contributed by atoms with Crippen molar-refractivity contribution in [2.75, 3.05) is 17.7 Å². The average molecular weight is 282 g/mol. The lowest BCUT2D eigenvalue weighted by Crippen LogP contribution is -2.17. The summed E-state index contributed by atoms with van der Waals surface area (Å²) >= 11 is 1.61.